The van der Waals surface area contributed by atoms with E-state index in [0.717, 1.165) is 12.8 Å². The van der Waals surface area contributed by atoms with Gasteiger partial charge in [-0.3, -0.25) is 9.59 Å². The maximum Gasteiger partial charge on any atom is 0.318 e. The van der Waals surface area contributed by atoms with Crippen LogP contribution in [-0.2, 0) is 9.59 Å². The van der Waals surface area contributed by atoms with E-state index in [2.05, 4.69) is 10.6 Å². The Morgan fingerprint density at radius 3 is 2.35 bits per heavy atom. The van der Waals surface area contributed by atoms with Crippen LogP contribution in [0.25, 0.3) is 0 Å². The second-order valence-corrected chi connectivity index (χ2v) is 5.23. The van der Waals surface area contributed by atoms with Gasteiger partial charge in [0, 0.05) is 19.1 Å². The third-order valence-corrected chi connectivity index (χ3v) is 3.24. The summed E-state index contributed by atoms with van der Waals surface area (Å²) in [6, 6.07) is -0.799. The first-order valence-corrected chi connectivity index (χ1v) is 6.93. The van der Waals surface area contributed by atoms with Crippen LogP contribution in [0, 0.1) is 5.92 Å². The lowest BCUT2D eigenvalue weighted by atomic mass is 10.2. The first-order valence-electron chi connectivity index (χ1n) is 6.93. The molecule has 1 aliphatic carbocycles. The molecule has 0 bridgehead atoms. The Labute approximate surface area is 118 Å². The molecule has 1 rings (SSSR count). The summed E-state index contributed by atoms with van der Waals surface area (Å²) in [7, 11) is 0. The van der Waals surface area contributed by atoms with Gasteiger partial charge in [0.2, 0.25) is 5.91 Å². The number of carbonyl (C=O) groups is 3. The zero-order valence-electron chi connectivity index (χ0n) is 12.2. The molecule has 7 nitrogen and oxygen atoms in total. The van der Waals surface area contributed by atoms with Gasteiger partial charge < -0.3 is 20.6 Å². The van der Waals surface area contributed by atoms with Crippen LogP contribution in [0.15, 0.2) is 0 Å². The van der Waals surface area contributed by atoms with Crippen molar-refractivity contribution in [3.05, 3.63) is 0 Å². The van der Waals surface area contributed by atoms with Gasteiger partial charge >= 0.3 is 12.0 Å². The summed E-state index contributed by atoms with van der Waals surface area (Å²) in [6.45, 7) is 5.43. The summed E-state index contributed by atoms with van der Waals surface area (Å²) < 4.78 is 0. The Kier molecular flexibility index (Phi) is 5.79. The molecule has 0 aromatic heterocycles. The molecule has 0 aliphatic heterocycles. The van der Waals surface area contributed by atoms with Gasteiger partial charge in [0.15, 0.2) is 0 Å². The summed E-state index contributed by atoms with van der Waals surface area (Å²) in [5.74, 6) is -1.80. The molecule has 7 heteroatoms. The molecule has 3 N–H and O–H groups in total. The van der Waals surface area contributed by atoms with Crippen LogP contribution < -0.4 is 10.6 Å². The van der Waals surface area contributed by atoms with Gasteiger partial charge in [0.25, 0.3) is 0 Å². The second-order valence-electron chi connectivity index (χ2n) is 5.23. The van der Waals surface area contributed by atoms with E-state index in [9.17, 15) is 14.4 Å². The van der Waals surface area contributed by atoms with Crippen LogP contribution in [0.1, 0.15) is 33.6 Å². The number of hydrogen-bond donors (Lipinski definition) is 3. The molecule has 114 valence electrons. The summed E-state index contributed by atoms with van der Waals surface area (Å²) in [5, 5.41) is 14.3. The smallest absolute Gasteiger partial charge is 0.318 e. The predicted molar refractivity (Wildman–Crippen MR) is 73.2 cm³/mol. The SMILES string of the molecule is CCN(CC(C)C(=O)O)C(=O)NC(C)C(=O)NC1CC1. The Balaban J connectivity index is 2.44. The van der Waals surface area contributed by atoms with Crippen LogP contribution in [0.4, 0.5) is 4.79 Å². The van der Waals surface area contributed by atoms with Gasteiger partial charge in [-0.2, -0.15) is 0 Å². The maximum absolute atomic E-state index is 12.0. The molecule has 0 aromatic rings. The van der Waals surface area contributed by atoms with E-state index in [-0.39, 0.29) is 18.5 Å². The number of urea groups is 1. The summed E-state index contributed by atoms with van der Waals surface area (Å²) in [4.78, 5) is 35.9. The zero-order valence-corrected chi connectivity index (χ0v) is 12.2. The largest absolute Gasteiger partial charge is 0.481 e. The minimum absolute atomic E-state index is 0.120. The molecule has 2 unspecified atom stereocenters. The Morgan fingerprint density at radius 1 is 1.30 bits per heavy atom. The van der Waals surface area contributed by atoms with Crippen molar-refractivity contribution in [2.75, 3.05) is 13.1 Å². The number of hydrogen-bond acceptors (Lipinski definition) is 3. The maximum atomic E-state index is 12.0. The van der Waals surface area contributed by atoms with Gasteiger partial charge in [-0.15, -0.1) is 0 Å². The van der Waals surface area contributed by atoms with Crippen molar-refractivity contribution >= 4 is 17.9 Å². The highest BCUT2D eigenvalue weighted by atomic mass is 16.4. The highest BCUT2D eigenvalue weighted by molar-refractivity contribution is 5.87. The van der Waals surface area contributed by atoms with E-state index in [4.69, 9.17) is 5.11 Å². The third kappa shape index (κ3) is 5.07. The van der Waals surface area contributed by atoms with Crippen LogP contribution >= 0.6 is 0 Å². The van der Waals surface area contributed by atoms with Gasteiger partial charge in [0.05, 0.1) is 5.92 Å². The van der Waals surface area contributed by atoms with Crippen molar-refractivity contribution in [2.24, 2.45) is 5.92 Å². The highest BCUT2D eigenvalue weighted by Gasteiger charge is 2.27. The normalized spacial score (nSPS) is 16.9. The molecular weight excluding hydrogens is 262 g/mol. The summed E-state index contributed by atoms with van der Waals surface area (Å²) >= 11 is 0. The molecule has 1 fully saturated rings. The number of nitrogens with one attached hydrogen (secondary N) is 2. The van der Waals surface area contributed by atoms with Crippen molar-refractivity contribution in [3.8, 4) is 0 Å². The van der Waals surface area contributed by atoms with Crippen molar-refractivity contribution in [3.63, 3.8) is 0 Å². The number of carbonyl (C=O) groups excluding carboxylic acids is 2. The number of amides is 3. The summed E-state index contributed by atoms with van der Waals surface area (Å²) in [6.07, 6.45) is 1.98. The van der Waals surface area contributed by atoms with E-state index in [1.54, 1.807) is 20.8 Å². The van der Waals surface area contributed by atoms with Crippen LogP contribution in [0.3, 0.4) is 0 Å². The standard InChI is InChI=1S/C13H23N3O4/c1-4-16(7-8(2)12(18)19)13(20)14-9(3)11(17)15-10-5-6-10/h8-10H,4-7H2,1-3H3,(H,14,20)(H,15,17)(H,18,19). The minimum atomic E-state index is -0.948. The Morgan fingerprint density at radius 2 is 1.90 bits per heavy atom. The van der Waals surface area contributed by atoms with Crippen LogP contribution in [0.5, 0.6) is 0 Å². The molecule has 1 aliphatic rings. The molecule has 0 heterocycles. The lowest BCUT2D eigenvalue weighted by Crippen LogP contribution is -2.51. The number of rotatable bonds is 7. The van der Waals surface area contributed by atoms with Crippen LogP contribution in [0.2, 0.25) is 0 Å². The molecule has 0 saturated heterocycles. The van der Waals surface area contributed by atoms with Crippen molar-refractivity contribution < 1.29 is 19.5 Å². The molecule has 20 heavy (non-hydrogen) atoms. The third-order valence-electron chi connectivity index (χ3n) is 3.24. The van der Waals surface area contributed by atoms with Gasteiger partial charge in [-0.25, -0.2) is 4.79 Å². The molecule has 0 aromatic carbocycles. The monoisotopic (exact) mass is 285 g/mol. The topological polar surface area (TPSA) is 98.7 Å². The molecule has 0 radical (unpaired) electrons. The second kappa shape index (κ2) is 7.12. The minimum Gasteiger partial charge on any atom is -0.481 e. The summed E-state index contributed by atoms with van der Waals surface area (Å²) in [5.41, 5.74) is 0. The Bertz CT molecular complexity index is 382. The zero-order chi connectivity index (χ0) is 15.3. The van der Waals surface area contributed by atoms with Crippen molar-refractivity contribution in [2.45, 2.75) is 45.7 Å². The van der Waals surface area contributed by atoms with E-state index in [1.807, 2.05) is 0 Å². The number of carboxylic acid groups (broad SMARTS) is 1. The molecule has 2 atom stereocenters. The van der Waals surface area contributed by atoms with Crippen LogP contribution in [-0.4, -0.2) is 53.1 Å². The van der Waals surface area contributed by atoms with E-state index >= 15 is 0 Å². The van der Waals surface area contributed by atoms with Crippen molar-refractivity contribution in [1.29, 1.82) is 0 Å². The average Bonchev–Trinajstić information content (AvgIpc) is 3.18. The van der Waals surface area contributed by atoms with Gasteiger partial charge in [-0.05, 0) is 26.7 Å². The van der Waals surface area contributed by atoms with Crippen molar-refractivity contribution in [1.82, 2.24) is 15.5 Å². The van der Waals surface area contributed by atoms with E-state index in [1.165, 1.54) is 4.90 Å². The molecule has 1 saturated carbocycles. The fraction of sp³-hybridized carbons (Fsp3) is 0.769. The highest BCUT2D eigenvalue weighted by Crippen LogP contribution is 2.18. The molecular formula is C13H23N3O4. The fourth-order valence-corrected chi connectivity index (χ4v) is 1.66. The number of nitrogens with zero attached hydrogens (tertiary/aromatic N) is 1. The van der Waals surface area contributed by atoms with Gasteiger partial charge in [0.1, 0.15) is 6.04 Å². The molecule has 0 spiro atoms. The lowest BCUT2D eigenvalue weighted by molar-refractivity contribution is -0.141. The first-order chi connectivity index (χ1) is 9.35. The lowest BCUT2D eigenvalue weighted by Gasteiger charge is -2.25. The Hall–Kier alpha value is -1.79. The molecule has 3 amide bonds. The van der Waals surface area contributed by atoms with E-state index in [0.29, 0.717) is 6.54 Å². The fourth-order valence-electron chi connectivity index (χ4n) is 1.66. The predicted octanol–water partition coefficient (Wildman–Crippen LogP) is 0.406. The quantitative estimate of drug-likeness (QED) is 0.630. The number of aliphatic carboxylic acids is 1. The van der Waals surface area contributed by atoms with Gasteiger partial charge in [-0.1, -0.05) is 6.92 Å². The van der Waals surface area contributed by atoms with E-state index < -0.39 is 24.0 Å². The number of carboxylic acids is 1. The average molecular weight is 285 g/mol. The first kappa shape index (κ1) is 16.3.